The van der Waals surface area contributed by atoms with Gasteiger partial charge in [0.1, 0.15) is 0 Å². The molecule has 0 aromatic heterocycles. The Bertz CT molecular complexity index is 329. The van der Waals surface area contributed by atoms with Crippen LogP contribution in [0.5, 0.6) is 0 Å². The van der Waals surface area contributed by atoms with E-state index >= 15 is 0 Å². The van der Waals surface area contributed by atoms with Crippen molar-refractivity contribution in [2.75, 3.05) is 20.1 Å². The highest BCUT2D eigenvalue weighted by Gasteiger charge is 2.25. The summed E-state index contributed by atoms with van der Waals surface area (Å²) < 4.78 is 0. The van der Waals surface area contributed by atoms with Gasteiger partial charge in [-0.1, -0.05) is 0 Å². The van der Waals surface area contributed by atoms with Crippen LogP contribution < -0.4 is 10.6 Å². The van der Waals surface area contributed by atoms with E-state index in [1.54, 1.807) is 7.05 Å². The summed E-state index contributed by atoms with van der Waals surface area (Å²) in [6, 6.07) is 0.287. The normalized spacial score (nSPS) is 16.4. The Morgan fingerprint density at radius 1 is 1.32 bits per heavy atom. The van der Waals surface area contributed by atoms with Gasteiger partial charge in [0.05, 0.1) is 0 Å². The lowest BCUT2D eigenvalue weighted by atomic mass is 10.1. The first kappa shape index (κ1) is 18.1. The number of halogens is 1. The molecular formula is C12H23IN4O2. The number of hydrogen-bond acceptors (Lipinski definition) is 3. The summed E-state index contributed by atoms with van der Waals surface area (Å²) in [4.78, 5) is 28.5. The van der Waals surface area contributed by atoms with Gasteiger partial charge in [-0.2, -0.15) is 0 Å². The highest BCUT2D eigenvalue weighted by Crippen LogP contribution is 2.11. The number of rotatable bonds is 4. The third-order valence-corrected chi connectivity index (χ3v) is 2.66. The number of nitrogens with zero attached hydrogens (tertiary/aromatic N) is 2. The minimum Gasteiger partial charge on any atom is -0.355 e. The quantitative estimate of drug-likeness (QED) is 0.325. The van der Waals surface area contributed by atoms with Crippen LogP contribution in [0, 0.1) is 0 Å². The van der Waals surface area contributed by atoms with Crippen LogP contribution in [-0.2, 0) is 9.59 Å². The van der Waals surface area contributed by atoms with Gasteiger partial charge in [0.2, 0.25) is 11.8 Å². The van der Waals surface area contributed by atoms with Gasteiger partial charge < -0.3 is 10.6 Å². The van der Waals surface area contributed by atoms with Crippen molar-refractivity contribution in [2.45, 2.75) is 39.2 Å². The SMILES string of the molecule is CN=C(NCCN1C(=O)CCCC1=O)NC(C)C.I. The Morgan fingerprint density at radius 2 is 1.89 bits per heavy atom. The summed E-state index contributed by atoms with van der Waals surface area (Å²) in [5.41, 5.74) is 0. The molecule has 2 amide bonds. The van der Waals surface area contributed by atoms with Crippen molar-refractivity contribution < 1.29 is 9.59 Å². The average molecular weight is 382 g/mol. The largest absolute Gasteiger partial charge is 0.355 e. The standard InChI is InChI=1S/C12H22N4O2.HI/c1-9(2)15-12(13-3)14-7-8-16-10(17)5-4-6-11(16)18;/h9H,4-8H2,1-3H3,(H2,13,14,15);1H. The number of amides is 2. The van der Waals surface area contributed by atoms with Crippen molar-refractivity contribution in [2.24, 2.45) is 4.99 Å². The molecule has 1 rings (SSSR count). The third kappa shape index (κ3) is 6.22. The Hall–Kier alpha value is -0.860. The molecule has 1 aliphatic rings. The van der Waals surface area contributed by atoms with Gasteiger partial charge in [-0.25, -0.2) is 0 Å². The van der Waals surface area contributed by atoms with E-state index in [1.165, 1.54) is 4.90 Å². The molecule has 0 aromatic rings. The maximum Gasteiger partial charge on any atom is 0.229 e. The molecule has 0 radical (unpaired) electrons. The molecular weight excluding hydrogens is 359 g/mol. The lowest BCUT2D eigenvalue weighted by molar-refractivity contribution is -0.147. The molecule has 1 heterocycles. The molecule has 1 saturated heterocycles. The first-order valence-corrected chi connectivity index (χ1v) is 6.35. The highest BCUT2D eigenvalue weighted by molar-refractivity contribution is 14.0. The zero-order chi connectivity index (χ0) is 13.5. The lowest BCUT2D eigenvalue weighted by Crippen LogP contribution is -2.47. The number of guanidine groups is 1. The number of likely N-dealkylation sites (tertiary alicyclic amines) is 1. The number of imide groups is 1. The predicted octanol–water partition coefficient (Wildman–Crippen LogP) is 0.717. The van der Waals surface area contributed by atoms with Crippen LogP contribution in [0.3, 0.4) is 0 Å². The smallest absolute Gasteiger partial charge is 0.229 e. The Labute approximate surface area is 131 Å². The monoisotopic (exact) mass is 382 g/mol. The van der Waals surface area contributed by atoms with Crippen LogP contribution in [0.4, 0.5) is 0 Å². The van der Waals surface area contributed by atoms with Gasteiger partial charge in [-0.15, -0.1) is 24.0 Å². The molecule has 0 atom stereocenters. The molecule has 110 valence electrons. The second kappa shape index (κ2) is 9.11. The molecule has 0 aliphatic carbocycles. The van der Waals surface area contributed by atoms with Crippen LogP contribution in [-0.4, -0.2) is 48.9 Å². The van der Waals surface area contributed by atoms with E-state index < -0.39 is 0 Å². The van der Waals surface area contributed by atoms with Crippen molar-refractivity contribution >= 4 is 41.8 Å². The number of nitrogens with one attached hydrogen (secondary N) is 2. The van der Waals surface area contributed by atoms with Crippen LogP contribution in [0.25, 0.3) is 0 Å². The molecule has 1 aliphatic heterocycles. The number of piperidine rings is 1. The van der Waals surface area contributed by atoms with Gasteiger partial charge in [0.25, 0.3) is 0 Å². The van der Waals surface area contributed by atoms with Crippen LogP contribution >= 0.6 is 24.0 Å². The average Bonchev–Trinajstić information content (AvgIpc) is 2.31. The first-order chi connectivity index (χ1) is 8.54. The fourth-order valence-corrected chi connectivity index (χ4v) is 1.80. The predicted molar refractivity (Wildman–Crippen MR) is 85.6 cm³/mol. The van der Waals surface area contributed by atoms with Crippen molar-refractivity contribution in [3.05, 3.63) is 0 Å². The Balaban J connectivity index is 0.00000324. The van der Waals surface area contributed by atoms with Gasteiger partial charge in [0.15, 0.2) is 5.96 Å². The maximum atomic E-state index is 11.6. The molecule has 2 N–H and O–H groups in total. The lowest BCUT2D eigenvalue weighted by Gasteiger charge is -2.25. The minimum atomic E-state index is -0.0696. The summed E-state index contributed by atoms with van der Waals surface area (Å²) in [6.07, 6.45) is 1.63. The number of carbonyl (C=O) groups excluding carboxylic acids is 2. The Morgan fingerprint density at radius 3 is 2.37 bits per heavy atom. The van der Waals surface area contributed by atoms with Gasteiger partial charge >= 0.3 is 0 Å². The van der Waals surface area contributed by atoms with E-state index in [2.05, 4.69) is 15.6 Å². The fraction of sp³-hybridized carbons (Fsp3) is 0.750. The van der Waals surface area contributed by atoms with E-state index in [1.807, 2.05) is 13.8 Å². The summed E-state index contributed by atoms with van der Waals surface area (Å²) >= 11 is 0. The van der Waals surface area contributed by atoms with E-state index in [-0.39, 0.29) is 41.8 Å². The van der Waals surface area contributed by atoms with Crippen LogP contribution in [0.15, 0.2) is 4.99 Å². The molecule has 0 saturated carbocycles. The van der Waals surface area contributed by atoms with Gasteiger partial charge in [-0.05, 0) is 20.3 Å². The zero-order valence-corrected chi connectivity index (χ0v) is 14.1. The van der Waals surface area contributed by atoms with Gasteiger partial charge in [-0.3, -0.25) is 19.5 Å². The topological polar surface area (TPSA) is 73.8 Å². The number of carbonyl (C=O) groups is 2. The first-order valence-electron chi connectivity index (χ1n) is 6.35. The van der Waals surface area contributed by atoms with Crippen molar-refractivity contribution in [3.63, 3.8) is 0 Å². The minimum absolute atomic E-state index is 0. The summed E-state index contributed by atoms with van der Waals surface area (Å²) in [5.74, 6) is 0.543. The molecule has 6 nitrogen and oxygen atoms in total. The van der Waals surface area contributed by atoms with E-state index in [0.29, 0.717) is 38.3 Å². The van der Waals surface area contributed by atoms with E-state index in [9.17, 15) is 9.59 Å². The van der Waals surface area contributed by atoms with Crippen LogP contribution in [0.1, 0.15) is 33.1 Å². The number of hydrogen-bond donors (Lipinski definition) is 2. The summed E-state index contributed by atoms with van der Waals surface area (Å²) in [5, 5.41) is 6.22. The Kier molecular flexibility index (Phi) is 8.70. The van der Waals surface area contributed by atoms with Crippen molar-refractivity contribution in [1.82, 2.24) is 15.5 Å². The van der Waals surface area contributed by atoms with E-state index in [4.69, 9.17) is 0 Å². The summed E-state index contributed by atoms with van der Waals surface area (Å²) in [7, 11) is 1.69. The molecule has 0 aromatic carbocycles. The second-order valence-electron chi connectivity index (χ2n) is 4.59. The van der Waals surface area contributed by atoms with Crippen LogP contribution in [0.2, 0.25) is 0 Å². The zero-order valence-electron chi connectivity index (χ0n) is 11.7. The summed E-state index contributed by atoms with van der Waals surface area (Å²) in [6.45, 7) is 4.95. The van der Waals surface area contributed by atoms with Gasteiger partial charge in [0, 0.05) is 39.0 Å². The van der Waals surface area contributed by atoms with E-state index in [0.717, 1.165) is 0 Å². The second-order valence-corrected chi connectivity index (χ2v) is 4.59. The molecule has 0 spiro atoms. The molecule has 7 heteroatoms. The maximum absolute atomic E-state index is 11.6. The van der Waals surface area contributed by atoms with Crippen molar-refractivity contribution in [3.8, 4) is 0 Å². The third-order valence-electron chi connectivity index (χ3n) is 2.66. The van der Waals surface area contributed by atoms with Crippen molar-refractivity contribution in [1.29, 1.82) is 0 Å². The molecule has 0 unspecified atom stereocenters. The number of aliphatic imine (C=N–C) groups is 1. The molecule has 0 bridgehead atoms. The molecule has 1 fully saturated rings. The fourth-order valence-electron chi connectivity index (χ4n) is 1.80. The molecule has 19 heavy (non-hydrogen) atoms. The highest BCUT2D eigenvalue weighted by atomic mass is 127.